The predicted octanol–water partition coefficient (Wildman–Crippen LogP) is 4.20. The molecule has 0 unspecified atom stereocenters. The van der Waals surface area contributed by atoms with Crippen LogP contribution in [0.3, 0.4) is 0 Å². The molecule has 1 aliphatic rings. The molecule has 0 saturated carbocycles. The molecule has 1 aromatic carbocycles. The van der Waals surface area contributed by atoms with Crippen LogP contribution < -0.4 is 15.5 Å². The second-order valence-electron chi connectivity index (χ2n) is 8.04. The maximum absolute atomic E-state index is 12.6. The minimum Gasteiger partial charge on any atom is -0.351 e. The van der Waals surface area contributed by atoms with Gasteiger partial charge in [-0.1, -0.05) is 23.2 Å². The number of anilines is 2. The summed E-state index contributed by atoms with van der Waals surface area (Å²) in [6.45, 7) is 2.73. The number of fused-ring (bicyclic) bond motifs is 4. The van der Waals surface area contributed by atoms with Crippen molar-refractivity contribution in [1.82, 2.24) is 30.4 Å². The van der Waals surface area contributed by atoms with Crippen molar-refractivity contribution < 1.29 is 4.79 Å². The molecule has 174 valence electrons. The first kappa shape index (κ1) is 22.6. The summed E-state index contributed by atoms with van der Waals surface area (Å²) in [7, 11) is 1.76. The lowest BCUT2D eigenvalue weighted by molar-refractivity contribution is 0.0944. The van der Waals surface area contributed by atoms with Gasteiger partial charge in [-0.25, -0.2) is 4.98 Å². The third-order valence-electron chi connectivity index (χ3n) is 5.77. The van der Waals surface area contributed by atoms with Gasteiger partial charge >= 0.3 is 0 Å². The molecule has 4 bridgehead atoms. The van der Waals surface area contributed by atoms with Gasteiger partial charge in [0.1, 0.15) is 16.9 Å². The van der Waals surface area contributed by atoms with Gasteiger partial charge in [0.2, 0.25) is 0 Å². The third-order valence-corrected chi connectivity index (χ3v) is 6.51. The Morgan fingerprint density at radius 1 is 0.971 bits per heavy atom. The van der Waals surface area contributed by atoms with Crippen LogP contribution in [0.25, 0.3) is 22.4 Å². The van der Waals surface area contributed by atoms with E-state index < -0.39 is 0 Å². The van der Waals surface area contributed by atoms with Gasteiger partial charge in [-0.3, -0.25) is 14.5 Å². The van der Waals surface area contributed by atoms with Crippen LogP contribution in [0.5, 0.6) is 0 Å². The quantitative estimate of drug-likeness (QED) is 0.411. The molecule has 10 heteroatoms. The van der Waals surface area contributed by atoms with E-state index in [0.29, 0.717) is 40.2 Å². The number of pyridine rings is 2. The number of halogens is 2. The first-order chi connectivity index (χ1) is 16.5. The fourth-order valence-corrected chi connectivity index (χ4v) is 4.33. The summed E-state index contributed by atoms with van der Waals surface area (Å²) in [6.07, 6.45) is 2.59. The fourth-order valence-electron chi connectivity index (χ4n) is 4.04. The highest BCUT2D eigenvalue weighted by Gasteiger charge is 2.19. The number of rotatable bonds is 1. The average Bonchev–Trinajstić information content (AvgIpc) is 3.23. The van der Waals surface area contributed by atoms with Gasteiger partial charge in [-0.15, -0.1) is 0 Å². The number of carbonyl (C=O) groups is 1. The number of aromatic nitrogens is 4. The zero-order valence-corrected chi connectivity index (χ0v) is 20.1. The standard InChI is InChI=1S/C24H23Cl2N7O/c1-32-22-14-20(31-32)18-5-6-19-23(30-18)21(7-10-28-19)33(15-3-4-16(25)17(26)13-15)12-11-27-8-2-9-29-24(22)34/h3-7,10,13-14,27H,2,8-9,11-12H2,1H3,(H,29,34). The van der Waals surface area contributed by atoms with Gasteiger partial charge in [-0.05, 0) is 55.4 Å². The molecule has 0 saturated heterocycles. The number of hydrogen-bond donors (Lipinski definition) is 2. The molecule has 0 radical (unpaired) electrons. The van der Waals surface area contributed by atoms with Crippen LogP contribution in [0, 0.1) is 0 Å². The van der Waals surface area contributed by atoms with E-state index in [1.807, 2.05) is 30.3 Å². The molecule has 1 aliphatic heterocycles. The van der Waals surface area contributed by atoms with Crippen LogP contribution in [0.1, 0.15) is 16.9 Å². The van der Waals surface area contributed by atoms with E-state index in [9.17, 15) is 4.79 Å². The van der Waals surface area contributed by atoms with Crippen LogP contribution >= 0.6 is 23.2 Å². The molecular weight excluding hydrogens is 473 g/mol. The van der Waals surface area contributed by atoms with Crippen molar-refractivity contribution in [3.05, 3.63) is 64.4 Å². The number of hydrogen-bond acceptors (Lipinski definition) is 6. The fraction of sp³-hybridized carbons (Fsp3) is 0.250. The lowest BCUT2D eigenvalue weighted by atomic mass is 10.2. The molecule has 1 amide bonds. The van der Waals surface area contributed by atoms with Gasteiger partial charge in [-0.2, -0.15) is 5.10 Å². The Morgan fingerprint density at radius 3 is 2.71 bits per heavy atom. The van der Waals surface area contributed by atoms with Gasteiger partial charge < -0.3 is 15.5 Å². The smallest absolute Gasteiger partial charge is 0.269 e. The lowest BCUT2D eigenvalue weighted by Crippen LogP contribution is -2.32. The number of amides is 1. The van der Waals surface area contributed by atoms with Gasteiger partial charge in [0.05, 0.1) is 26.9 Å². The zero-order chi connectivity index (χ0) is 23.7. The van der Waals surface area contributed by atoms with E-state index in [1.54, 1.807) is 30.1 Å². The summed E-state index contributed by atoms with van der Waals surface area (Å²) in [4.78, 5) is 24.2. The first-order valence-corrected chi connectivity index (χ1v) is 11.8. The molecule has 4 heterocycles. The van der Waals surface area contributed by atoms with Crippen molar-refractivity contribution in [2.45, 2.75) is 6.42 Å². The van der Waals surface area contributed by atoms with Crippen molar-refractivity contribution >= 4 is 51.5 Å². The molecule has 4 aromatic rings. The molecule has 8 nitrogen and oxygen atoms in total. The van der Waals surface area contributed by atoms with Crippen molar-refractivity contribution in [3.8, 4) is 11.4 Å². The minimum atomic E-state index is -0.151. The highest BCUT2D eigenvalue weighted by molar-refractivity contribution is 6.42. The molecule has 0 aliphatic carbocycles. The van der Waals surface area contributed by atoms with Crippen molar-refractivity contribution in [2.75, 3.05) is 31.1 Å². The van der Waals surface area contributed by atoms with E-state index in [0.717, 1.165) is 41.9 Å². The topological polar surface area (TPSA) is 88.0 Å². The lowest BCUT2D eigenvalue weighted by Gasteiger charge is -2.26. The summed E-state index contributed by atoms with van der Waals surface area (Å²) in [6, 6.07) is 13.1. The van der Waals surface area contributed by atoms with Crippen LogP contribution in [0.15, 0.2) is 48.7 Å². The summed E-state index contributed by atoms with van der Waals surface area (Å²) >= 11 is 12.5. The second kappa shape index (κ2) is 9.58. The van der Waals surface area contributed by atoms with Gasteiger partial charge in [0.15, 0.2) is 0 Å². The Morgan fingerprint density at radius 2 is 1.85 bits per heavy atom. The van der Waals surface area contributed by atoms with E-state index in [4.69, 9.17) is 28.2 Å². The van der Waals surface area contributed by atoms with E-state index >= 15 is 0 Å². The minimum absolute atomic E-state index is 0.151. The Bertz CT molecular complexity index is 1370. The SMILES string of the molecule is Cn1nc2cc1C(=O)NCCCNCCN(c1ccc(Cl)c(Cl)c1)c1ccnc3ccc-2nc13. The molecule has 0 fully saturated rings. The van der Waals surface area contributed by atoms with Crippen LogP contribution in [-0.4, -0.2) is 51.8 Å². The van der Waals surface area contributed by atoms with Gasteiger partial charge in [0.25, 0.3) is 5.91 Å². The molecule has 34 heavy (non-hydrogen) atoms. The van der Waals surface area contributed by atoms with E-state index in [-0.39, 0.29) is 5.91 Å². The number of nitrogens with one attached hydrogen (secondary N) is 2. The van der Waals surface area contributed by atoms with Crippen molar-refractivity contribution in [3.63, 3.8) is 0 Å². The van der Waals surface area contributed by atoms with Crippen molar-refractivity contribution in [1.29, 1.82) is 0 Å². The molecule has 3 aromatic heterocycles. The third kappa shape index (κ3) is 4.44. The van der Waals surface area contributed by atoms with Crippen LogP contribution in [0.4, 0.5) is 11.4 Å². The Balaban J connectivity index is 1.67. The predicted molar refractivity (Wildman–Crippen MR) is 135 cm³/mol. The Kier molecular flexibility index (Phi) is 6.36. The monoisotopic (exact) mass is 495 g/mol. The van der Waals surface area contributed by atoms with Crippen LogP contribution in [0.2, 0.25) is 10.0 Å². The molecule has 0 atom stereocenters. The summed E-state index contributed by atoms with van der Waals surface area (Å²) in [5, 5.41) is 11.9. The Hall–Kier alpha value is -3.20. The zero-order valence-electron chi connectivity index (χ0n) is 18.6. The number of carbonyl (C=O) groups excluding carboxylic acids is 1. The second-order valence-corrected chi connectivity index (χ2v) is 8.86. The maximum Gasteiger partial charge on any atom is 0.269 e. The number of aryl methyl sites for hydroxylation is 1. The molecular formula is C24H23Cl2N7O. The number of benzene rings is 1. The molecule has 0 spiro atoms. The maximum atomic E-state index is 12.6. The summed E-state index contributed by atoms with van der Waals surface area (Å²) < 4.78 is 1.58. The highest BCUT2D eigenvalue weighted by Crippen LogP contribution is 2.34. The van der Waals surface area contributed by atoms with Gasteiger partial charge in [0, 0.05) is 38.6 Å². The molecule has 2 N–H and O–H groups in total. The normalized spacial score (nSPS) is 15.0. The summed E-state index contributed by atoms with van der Waals surface area (Å²) in [5.74, 6) is -0.151. The first-order valence-electron chi connectivity index (χ1n) is 11.0. The van der Waals surface area contributed by atoms with E-state index in [1.165, 1.54) is 0 Å². The summed E-state index contributed by atoms with van der Waals surface area (Å²) in [5.41, 5.74) is 5.07. The van der Waals surface area contributed by atoms with Crippen LogP contribution in [-0.2, 0) is 7.05 Å². The highest BCUT2D eigenvalue weighted by atomic mass is 35.5. The largest absolute Gasteiger partial charge is 0.351 e. The Labute approximate surface area is 206 Å². The number of nitrogens with zero attached hydrogens (tertiary/aromatic N) is 5. The molecule has 5 rings (SSSR count). The van der Waals surface area contributed by atoms with E-state index in [2.05, 4.69) is 25.6 Å². The van der Waals surface area contributed by atoms with Crippen molar-refractivity contribution in [2.24, 2.45) is 7.05 Å². The average molecular weight is 496 g/mol.